The minimum absolute atomic E-state index is 0.0203. The monoisotopic (exact) mass is 248 g/mol. The molecule has 6 heteroatoms. The van der Waals surface area contributed by atoms with Crippen LogP contribution in [0.15, 0.2) is 0 Å². The van der Waals surface area contributed by atoms with Crippen LogP contribution in [0.1, 0.15) is 19.3 Å². The number of ether oxygens (including phenoxy) is 1. The maximum Gasteiger partial charge on any atom is 0.212 e. The maximum absolute atomic E-state index is 11.9. The van der Waals surface area contributed by atoms with Crippen LogP contribution in [0.3, 0.4) is 0 Å². The van der Waals surface area contributed by atoms with Crippen molar-refractivity contribution in [2.45, 2.75) is 25.3 Å². The number of rotatable bonds is 4. The van der Waals surface area contributed by atoms with E-state index < -0.39 is 10.0 Å². The average molecular weight is 248 g/mol. The zero-order valence-electron chi connectivity index (χ0n) is 9.44. The molecule has 2 atom stereocenters. The maximum atomic E-state index is 11.9. The predicted molar refractivity (Wildman–Crippen MR) is 61.7 cm³/mol. The average Bonchev–Trinajstić information content (AvgIpc) is 2.70. The van der Waals surface area contributed by atoms with Crippen molar-refractivity contribution < 1.29 is 13.2 Å². The Morgan fingerprint density at radius 1 is 1.38 bits per heavy atom. The van der Waals surface area contributed by atoms with E-state index in [1.807, 2.05) is 0 Å². The quantitative estimate of drug-likeness (QED) is 0.716. The summed E-state index contributed by atoms with van der Waals surface area (Å²) >= 11 is 0. The molecule has 2 rings (SSSR count). The normalized spacial score (nSPS) is 31.8. The van der Waals surface area contributed by atoms with Gasteiger partial charge in [0.2, 0.25) is 10.0 Å². The summed E-state index contributed by atoms with van der Waals surface area (Å²) in [5, 5.41) is 3.18. The van der Waals surface area contributed by atoms with Crippen LogP contribution in [-0.4, -0.2) is 46.5 Å². The molecule has 2 aliphatic rings. The summed E-state index contributed by atoms with van der Waals surface area (Å²) in [6, 6.07) is -0.0203. The molecule has 94 valence electrons. The molecule has 0 spiro atoms. The molecule has 2 heterocycles. The third kappa shape index (κ3) is 3.69. The van der Waals surface area contributed by atoms with Crippen molar-refractivity contribution >= 4 is 10.0 Å². The van der Waals surface area contributed by atoms with Crippen molar-refractivity contribution in [2.75, 3.05) is 32.1 Å². The fourth-order valence-corrected chi connectivity index (χ4v) is 4.00. The van der Waals surface area contributed by atoms with Gasteiger partial charge < -0.3 is 10.1 Å². The van der Waals surface area contributed by atoms with Crippen molar-refractivity contribution in [1.82, 2.24) is 10.0 Å². The number of hydrogen-bond donors (Lipinski definition) is 2. The topological polar surface area (TPSA) is 67.4 Å². The van der Waals surface area contributed by atoms with E-state index in [2.05, 4.69) is 10.0 Å². The SMILES string of the molecule is O=S(=O)(CC1CCNC1)NC1CCCOC1. The van der Waals surface area contributed by atoms with Gasteiger partial charge in [0.25, 0.3) is 0 Å². The Bertz CT molecular complexity index is 306. The third-order valence-electron chi connectivity index (χ3n) is 3.12. The molecule has 0 amide bonds. The second kappa shape index (κ2) is 5.44. The second-order valence-corrected chi connectivity index (χ2v) is 6.47. The molecule has 0 radical (unpaired) electrons. The summed E-state index contributed by atoms with van der Waals surface area (Å²) in [7, 11) is -3.13. The molecule has 2 fully saturated rings. The largest absolute Gasteiger partial charge is 0.380 e. The van der Waals surface area contributed by atoms with Gasteiger partial charge >= 0.3 is 0 Å². The first-order valence-corrected chi connectivity index (χ1v) is 7.59. The van der Waals surface area contributed by atoms with E-state index >= 15 is 0 Å². The molecular weight excluding hydrogens is 228 g/mol. The Kier molecular flexibility index (Phi) is 4.18. The summed E-state index contributed by atoms with van der Waals surface area (Å²) < 4.78 is 31.7. The van der Waals surface area contributed by atoms with Crippen LogP contribution in [0.5, 0.6) is 0 Å². The van der Waals surface area contributed by atoms with Gasteiger partial charge in [-0.3, -0.25) is 0 Å². The van der Waals surface area contributed by atoms with Crippen molar-refractivity contribution in [2.24, 2.45) is 5.92 Å². The minimum Gasteiger partial charge on any atom is -0.380 e. The van der Waals surface area contributed by atoms with Crippen LogP contribution < -0.4 is 10.0 Å². The fraction of sp³-hybridized carbons (Fsp3) is 1.00. The van der Waals surface area contributed by atoms with Gasteiger partial charge in [-0.1, -0.05) is 0 Å². The lowest BCUT2D eigenvalue weighted by molar-refractivity contribution is 0.0774. The molecule has 2 aliphatic heterocycles. The van der Waals surface area contributed by atoms with Crippen LogP contribution in [-0.2, 0) is 14.8 Å². The number of hydrogen-bond acceptors (Lipinski definition) is 4. The molecular formula is C10H20N2O3S. The first-order valence-electron chi connectivity index (χ1n) is 5.94. The van der Waals surface area contributed by atoms with Crippen LogP contribution >= 0.6 is 0 Å². The summed E-state index contributed by atoms with van der Waals surface area (Å²) in [5.74, 6) is 0.512. The molecule has 0 aliphatic carbocycles. The Hall–Kier alpha value is -0.170. The molecule has 2 unspecified atom stereocenters. The van der Waals surface area contributed by atoms with E-state index in [4.69, 9.17) is 4.74 Å². The van der Waals surface area contributed by atoms with Gasteiger partial charge in [0.1, 0.15) is 0 Å². The van der Waals surface area contributed by atoms with E-state index in [9.17, 15) is 8.42 Å². The van der Waals surface area contributed by atoms with Gasteiger partial charge in [0.15, 0.2) is 0 Å². The number of nitrogens with one attached hydrogen (secondary N) is 2. The van der Waals surface area contributed by atoms with Crippen LogP contribution in [0, 0.1) is 5.92 Å². The lowest BCUT2D eigenvalue weighted by Crippen LogP contribution is -2.42. The molecule has 0 aromatic carbocycles. The van der Waals surface area contributed by atoms with E-state index in [-0.39, 0.29) is 17.7 Å². The van der Waals surface area contributed by atoms with E-state index in [0.29, 0.717) is 6.61 Å². The van der Waals surface area contributed by atoms with Gasteiger partial charge in [-0.2, -0.15) is 0 Å². The molecule has 0 saturated carbocycles. The molecule has 2 saturated heterocycles. The molecule has 0 bridgehead atoms. The van der Waals surface area contributed by atoms with Crippen LogP contribution in [0.2, 0.25) is 0 Å². The first kappa shape index (κ1) is 12.3. The number of sulfonamides is 1. The van der Waals surface area contributed by atoms with E-state index in [1.54, 1.807) is 0 Å². The van der Waals surface area contributed by atoms with Crippen LogP contribution in [0.4, 0.5) is 0 Å². The Morgan fingerprint density at radius 2 is 2.25 bits per heavy atom. The molecule has 5 nitrogen and oxygen atoms in total. The predicted octanol–water partition coefficient (Wildman–Crippen LogP) is -0.306. The lowest BCUT2D eigenvalue weighted by Gasteiger charge is -2.23. The standard InChI is InChI=1S/C10H20N2O3S/c13-16(14,8-9-3-4-11-6-9)12-10-2-1-5-15-7-10/h9-12H,1-8H2. The summed E-state index contributed by atoms with van der Waals surface area (Å²) in [5.41, 5.74) is 0. The van der Waals surface area contributed by atoms with Crippen molar-refractivity contribution in [3.8, 4) is 0 Å². The lowest BCUT2D eigenvalue weighted by atomic mass is 10.1. The first-order chi connectivity index (χ1) is 7.66. The zero-order valence-corrected chi connectivity index (χ0v) is 10.3. The smallest absolute Gasteiger partial charge is 0.212 e. The molecule has 0 aromatic rings. The van der Waals surface area contributed by atoms with Crippen LogP contribution in [0.25, 0.3) is 0 Å². The summed E-state index contributed by atoms with van der Waals surface area (Å²) in [6.07, 6.45) is 2.79. The fourth-order valence-electron chi connectivity index (χ4n) is 2.30. The van der Waals surface area contributed by atoms with Crippen molar-refractivity contribution in [3.63, 3.8) is 0 Å². The highest BCUT2D eigenvalue weighted by Gasteiger charge is 2.25. The van der Waals surface area contributed by atoms with Gasteiger partial charge in [0.05, 0.1) is 12.4 Å². The second-order valence-electron chi connectivity index (χ2n) is 4.67. The van der Waals surface area contributed by atoms with Crippen molar-refractivity contribution in [3.05, 3.63) is 0 Å². The van der Waals surface area contributed by atoms with Gasteiger partial charge in [-0.25, -0.2) is 13.1 Å². The summed E-state index contributed by atoms with van der Waals surface area (Å²) in [6.45, 7) is 3.03. The van der Waals surface area contributed by atoms with E-state index in [1.165, 1.54) is 0 Å². The highest BCUT2D eigenvalue weighted by Crippen LogP contribution is 2.12. The zero-order chi connectivity index (χ0) is 11.4. The van der Waals surface area contributed by atoms with Gasteiger partial charge in [-0.05, 0) is 38.3 Å². The molecule has 0 aromatic heterocycles. The third-order valence-corrected chi connectivity index (χ3v) is 4.73. The Balaban J connectivity index is 1.81. The highest BCUT2D eigenvalue weighted by atomic mass is 32.2. The Labute approximate surface area is 97.0 Å². The highest BCUT2D eigenvalue weighted by molar-refractivity contribution is 7.89. The minimum atomic E-state index is -3.13. The van der Waals surface area contributed by atoms with Gasteiger partial charge in [-0.15, -0.1) is 0 Å². The van der Waals surface area contributed by atoms with E-state index in [0.717, 1.165) is 39.0 Å². The summed E-state index contributed by atoms with van der Waals surface area (Å²) in [4.78, 5) is 0. The van der Waals surface area contributed by atoms with Crippen molar-refractivity contribution in [1.29, 1.82) is 0 Å². The molecule has 16 heavy (non-hydrogen) atoms. The molecule has 2 N–H and O–H groups in total. The Morgan fingerprint density at radius 3 is 2.88 bits per heavy atom. The van der Waals surface area contributed by atoms with Gasteiger partial charge in [0, 0.05) is 12.6 Å².